The zero-order valence-corrected chi connectivity index (χ0v) is 28.4. The zero-order valence-electron chi connectivity index (χ0n) is 26.7. The number of phenolic OH excluding ortho intramolecular Hbond substituents is 1. The van der Waals surface area contributed by atoms with E-state index in [-0.39, 0.29) is 35.8 Å². The predicted molar refractivity (Wildman–Crippen MR) is 181 cm³/mol. The Bertz CT molecular complexity index is 1430. The molecule has 0 aliphatic carbocycles. The number of rotatable bonds is 6. The van der Waals surface area contributed by atoms with Crippen LogP contribution in [0.2, 0.25) is 0 Å². The van der Waals surface area contributed by atoms with E-state index in [2.05, 4.69) is 10.6 Å². The van der Waals surface area contributed by atoms with Gasteiger partial charge in [-0.05, 0) is 64.7 Å². The molecule has 248 valence electrons. The third-order valence-electron chi connectivity index (χ3n) is 8.73. The predicted octanol–water partition coefficient (Wildman–Crippen LogP) is 2.90. The van der Waals surface area contributed by atoms with E-state index in [1.165, 1.54) is 23.5 Å². The minimum atomic E-state index is -0.825. The molecule has 1 aromatic rings. The fourth-order valence-corrected chi connectivity index (χ4v) is 8.35. The highest BCUT2D eigenvalue weighted by atomic mass is 32.2. The first-order chi connectivity index (χ1) is 22.0. The first-order valence-corrected chi connectivity index (χ1v) is 17.8. The number of aromatic hydroxyl groups is 1. The van der Waals surface area contributed by atoms with Crippen molar-refractivity contribution in [2.45, 2.75) is 89.7 Å². The smallest absolute Gasteiger partial charge is 0.246 e. The van der Waals surface area contributed by atoms with E-state index in [9.17, 15) is 24.3 Å². The van der Waals surface area contributed by atoms with Crippen LogP contribution < -0.4 is 10.6 Å². The van der Waals surface area contributed by atoms with E-state index < -0.39 is 42.1 Å². The van der Waals surface area contributed by atoms with Gasteiger partial charge < -0.3 is 25.4 Å². The third kappa shape index (κ3) is 8.21. The Labute approximate surface area is 278 Å². The van der Waals surface area contributed by atoms with Crippen LogP contribution in [0.1, 0.15) is 52.5 Å². The largest absolute Gasteiger partial charge is 0.508 e. The molecule has 0 spiro atoms. The van der Waals surface area contributed by atoms with Gasteiger partial charge in [-0.3, -0.25) is 29.2 Å². The van der Waals surface area contributed by atoms with Gasteiger partial charge in [0, 0.05) is 24.5 Å². The van der Waals surface area contributed by atoms with Gasteiger partial charge in [-0.2, -0.15) is 0 Å². The number of aliphatic imine (C=N–C) groups is 2. The number of carbonyl (C=O) groups excluding carboxylic acids is 4. The molecule has 1 aromatic carbocycles. The summed E-state index contributed by atoms with van der Waals surface area (Å²) in [5.74, 6) is -0.876. The van der Waals surface area contributed by atoms with Crippen molar-refractivity contribution < 1.29 is 29.0 Å². The lowest BCUT2D eigenvalue weighted by atomic mass is 9.93. The molecule has 4 bridgehead atoms. The van der Waals surface area contributed by atoms with Gasteiger partial charge in [0.05, 0.1) is 40.8 Å². The van der Waals surface area contributed by atoms with E-state index in [1.807, 2.05) is 19.9 Å². The summed E-state index contributed by atoms with van der Waals surface area (Å²) in [4.78, 5) is 66.0. The van der Waals surface area contributed by atoms with E-state index in [0.717, 1.165) is 29.0 Å². The highest BCUT2D eigenvalue weighted by Crippen LogP contribution is 2.31. The third-order valence-corrected chi connectivity index (χ3v) is 11.1. The van der Waals surface area contributed by atoms with E-state index in [4.69, 9.17) is 14.7 Å². The molecule has 3 amide bonds. The number of fused-ring (bicyclic) bond motifs is 4. The van der Waals surface area contributed by atoms with E-state index in [0.29, 0.717) is 36.1 Å². The van der Waals surface area contributed by atoms with Crippen LogP contribution in [-0.4, -0.2) is 105 Å². The average molecular weight is 670 g/mol. The number of hydrogen-bond acceptors (Lipinski definition) is 10. The average Bonchev–Trinajstić information content (AvgIpc) is 3.80. The van der Waals surface area contributed by atoms with Crippen molar-refractivity contribution in [1.82, 2.24) is 15.5 Å². The summed E-state index contributed by atoms with van der Waals surface area (Å²) in [6.07, 6.45) is 3.18. The number of ketones is 1. The van der Waals surface area contributed by atoms with Gasteiger partial charge in [0.25, 0.3) is 0 Å². The number of ether oxygens (including phenoxy) is 1. The van der Waals surface area contributed by atoms with Gasteiger partial charge in [0.2, 0.25) is 17.7 Å². The van der Waals surface area contributed by atoms with Crippen molar-refractivity contribution in [3.8, 4) is 5.75 Å². The molecule has 46 heavy (non-hydrogen) atoms. The molecule has 4 heterocycles. The number of carbonyl (C=O) groups is 4. The summed E-state index contributed by atoms with van der Waals surface area (Å²) in [7, 11) is 0. The molecule has 4 aliphatic rings. The number of benzene rings is 1. The summed E-state index contributed by atoms with van der Waals surface area (Å²) in [6.45, 7) is 8.20. The summed E-state index contributed by atoms with van der Waals surface area (Å²) < 4.78 is 5.99. The normalized spacial score (nSPS) is 29.6. The number of allylic oxidation sites excluding steroid dienone is 1. The van der Waals surface area contributed by atoms with Crippen LogP contribution in [0.25, 0.3) is 0 Å². The molecule has 5 rings (SSSR count). The number of thioether (sulfide) groups is 2. The molecule has 3 N–H and O–H groups in total. The van der Waals surface area contributed by atoms with Crippen LogP contribution in [0.15, 0.2) is 45.9 Å². The van der Waals surface area contributed by atoms with Crippen LogP contribution in [0.3, 0.4) is 0 Å². The van der Waals surface area contributed by atoms with Gasteiger partial charge in [-0.15, -0.1) is 23.5 Å². The maximum absolute atomic E-state index is 13.7. The SMILES string of the molecule is CC(C)=CCO[C@H](C)[C@@H]1CC(=O)[C@@H]2CSC(=N2)[C@H](Cc2ccc(O)cc2)NC(=O)[C@@H]2CSC(=N2)[C@@H]2CCCN2C(=O)[C@H](C)NC1=O. The lowest BCUT2D eigenvalue weighted by Gasteiger charge is -2.29. The fourth-order valence-electron chi connectivity index (χ4n) is 6.02. The van der Waals surface area contributed by atoms with Crippen molar-refractivity contribution in [1.29, 1.82) is 0 Å². The molecule has 13 heteroatoms. The van der Waals surface area contributed by atoms with Gasteiger partial charge in [-0.25, -0.2) is 0 Å². The van der Waals surface area contributed by atoms with Crippen LogP contribution in [0.5, 0.6) is 5.75 Å². The molecule has 4 aliphatic heterocycles. The molecule has 0 aromatic heterocycles. The summed E-state index contributed by atoms with van der Waals surface area (Å²) in [6, 6.07) is 3.92. The van der Waals surface area contributed by atoms with E-state index in [1.54, 1.807) is 43.0 Å². The van der Waals surface area contributed by atoms with Crippen molar-refractivity contribution in [2.75, 3.05) is 24.7 Å². The second-order valence-electron chi connectivity index (χ2n) is 12.5. The van der Waals surface area contributed by atoms with Crippen LogP contribution in [-0.2, 0) is 30.3 Å². The zero-order chi connectivity index (χ0) is 33.0. The molecular weight excluding hydrogens is 627 g/mol. The second kappa shape index (κ2) is 15.2. The van der Waals surface area contributed by atoms with Crippen molar-refractivity contribution in [3.05, 3.63) is 41.5 Å². The Balaban J connectivity index is 1.46. The number of Topliss-reactive ketones (excluding diaryl/α,β-unsaturated/α-hetero) is 1. The Kier molecular flexibility index (Phi) is 11.3. The van der Waals surface area contributed by atoms with Gasteiger partial charge >= 0.3 is 0 Å². The van der Waals surface area contributed by atoms with Crippen LogP contribution in [0, 0.1) is 5.92 Å². The monoisotopic (exact) mass is 669 g/mol. The first kappa shape index (κ1) is 34.2. The Hall–Kier alpha value is -3.16. The Morgan fingerprint density at radius 3 is 2.48 bits per heavy atom. The molecular formula is C33H43N5O6S2. The van der Waals surface area contributed by atoms with E-state index >= 15 is 0 Å². The summed E-state index contributed by atoms with van der Waals surface area (Å²) >= 11 is 2.92. The van der Waals surface area contributed by atoms with Crippen molar-refractivity contribution in [3.63, 3.8) is 0 Å². The summed E-state index contributed by atoms with van der Waals surface area (Å²) in [5.41, 5.74) is 1.97. The lowest BCUT2D eigenvalue weighted by Crippen LogP contribution is -2.52. The fraction of sp³-hybridized carbons (Fsp3) is 0.576. The highest BCUT2D eigenvalue weighted by molar-refractivity contribution is 8.14. The minimum Gasteiger partial charge on any atom is -0.508 e. The highest BCUT2D eigenvalue weighted by Gasteiger charge is 2.41. The molecule has 7 atom stereocenters. The van der Waals surface area contributed by atoms with Gasteiger partial charge in [-0.1, -0.05) is 23.8 Å². The molecule has 0 unspecified atom stereocenters. The van der Waals surface area contributed by atoms with Crippen LogP contribution in [0.4, 0.5) is 0 Å². The van der Waals surface area contributed by atoms with Gasteiger partial charge in [0.15, 0.2) is 5.78 Å². The molecule has 11 nitrogen and oxygen atoms in total. The topological polar surface area (TPSA) is 150 Å². The van der Waals surface area contributed by atoms with Crippen LogP contribution >= 0.6 is 23.5 Å². The maximum atomic E-state index is 13.7. The number of phenols is 1. The Morgan fingerprint density at radius 2 is 1.74 bits per heavy atom. The van der Waals surface area contributed by atoms with Gasteiger partial charge in [0.1, 0.15) is 23.9 Å². The molecule has 1 saturated heterocycles. The molecule has 0 saturated carbocycles. The Morgan fingerprint density at radius 1 is 1.04 bits per heavy atom. The molecule has 1 fully saturated rings. The first-order valence-electron chi connectivity index (χ1n) is 15.9. The maximum Gasteiger partial charge on any atom is 0.246 e. The lowest BCUT2D eigenvalue weighted by molar-refractivity contribution is -0.139. The number of nitrogens with one attached hydrogen (secondary N) is 2. The van der Waals surface area contributed by atoms with Crippen molar-refractivity contribution >= 4 is 57.1 Å². The standard InChI is InChI=1S/C33H43N5O6S2/c1-18(2)11-13-44-20(4)23-15-28(40)25-16-45-31(36-25)24(14-21-7-9-22(39)10-8-21)35-30(42)26-17-46-32(37-26)27-6-5-12-38(27)33(43)19(3)34-29(23)41/h7-11,19-20,23-27,39H,5-6,12-17H2,1-4H3,(H,34,41)(H,35,42)/t19-,20+,23-,24-,25-,26-,27-/m0/s1. The number of hydrogen-bond donors (Lipinski definition) is 3. The summed E-state index contributed by atoms with van der Waals surface area (Å²) in [5, 5.41) is 17.2. The molecule has 0 radical (unpaired) electrons. The second-order valence-corrected chi connectivity index (χ2v) is 14.6. The minimum absolute atomic E-state index is 0.0956. The quantitative estimate of drug-likeness (QED) is 0.392. The number of amides is 3. The number of nitrogens with zero attached hydrogens (tertiary/aromatic N) is 3. The van der Waals surface area contributed by atoms with Crippen molar-refractivity contribution in [2.24, 2.45) is 15.9 Å².